The van der Waals surface area contributed by atoms with E-state index in [2.05, 4.69) is 0 Å². The molecule has 11 heavy (non-hydrogen) atoms. The number of thiol groups is 1. The van der Waals surface area contributed by atoms with Gasteiger partial charge in [-0.3, -0.25) is 0 Å². The van der Waals surface area contributed by atoms with E-state index in [1.807, 2.05) is 0 Å². The lowest BCUT2D eigenvalue weighted by molar-refractivity contribution is 0.440. The normalized spacial score (nSPS) is 10.3. The van der Waals surface area contributed by atoms with Crippen LogP contribution in [0.25, 0.3) is 0 Å². The van der Waals surface area contributed by atoms with E-state index in [-0.39, 0.29) is 10.6 Å². The van der Waals surface area contributed by atoms with Gasteiger partial charge in [0.05, 0.1) is 0 Å². The van der Waals surface area contributed by atoms with Crippen molar-refractivity contribution in [1.29, 1.82) is 0 Å². The van der Waals surface area contributed by atoms with Crippen molar-refractivity contribution in [3.8, 4) is 11.5 Å². The molecule has 2 N–H and O–H groups in total. The first-order valence-electron chi connectivity index (χ1n) is 2.77. The topological polar surface area (TPSA) is 74.6 Å². The van der Waals surface area contributed by atoms with Gasteiger partial charge in [-0.25, -0.2) is 8.42 Å². The van der Waals surface area contributed by atoms with Gasteiger partial charge in [-0.05, 0) is 12.1 Å². The Morgan fingerprint density at radius 1 is 1.18 bits per heavy atom. The molecule has 0 aliphatic carbocycles. The molecule has 0 spiro atoms. The van der Waals surface area contributed by atoms with Crippen LogP contribution in [0.3, 0.4) is 0 Å². The summed E-state index contributed by atoms with van der Waals surface area (Å²) in [4.78, 5) is -0.183. The van der Waals surface area contributed by atoms with Crippen molar-refractivity contribution in [2.75, 3.05) is 0 Å². The monoisotopic (exact) mass is 174 g/mol. The molecule has 0 saturated heterocycles. The third kappa shape index (κ3) is 1.62. The van der Waals surface area contributed by atoms with Gasteiger partial charge >= 0.3 is 0 Å². The lowest BCUT2D eigenvalue weighted by Crippen LogP contribution is -1.80. The lowest BCUT2D eigenvalue weighted by atomic mass is 10.3. The van der Waals surface area contributed by atoms with Gasteiger partial charge in [0.2, 0.25) is 0 Å². The van der Waals surface area contributed by atoms with E-state index in [1.165, 1.54) is 6.07 Å². The Morgan fingerprint density at radius 3 is 2.27 bits per heavy atom. The summed E-state index contributed by atoms with van der Waals surface area (Å²) in [6.45, 7) is 0. The van der Waals surface area contributed by atoms with Crippen molar-refractivity contribution >= 4 is 10.7 Å². The zero-order chi connectivity index (χ0) is 8.43. The highest BCUT2D eigenvalue weighted by Gasteiger charge is 2.02. The maximum atomic E-state index is 10.3. The van der Waals surface area contributed by atoms with Crippen LogP contribution in [0.15, 0.2) is 23.1 Å². The van der Waals surface area contributed by atoms with Crippen LogP contribution in [-0.2, 0) is 10.7 Å². The first-order valence-corrected chi connectivity index (χ1v) is 3.95. The summed E-state index contributed by atoms with van der Waals surface area (Å²) >= 11 is 0. The van der Waals surface area contributed by atoms with E-state index in [9.17, 15) is 8.42 Å². The second-order valence-electron chi connectivity index (χ2n) is 1.93. The number of hydrogen-bond donors (Lipinski definition) is 3. The lowest BCUT2D eigenvalue weighted by Gasteiger charge is -1.95. The van der Waals surface area contributed by atoms with Crippen LogP contribution in [-0.4, -0.2) is 18.6 Å². The molecule has 0 fully saturated rings. The van der Waals surface area contributed by atoms with Crippen LogP contribution in [0.2, 0.25) is 0 Å². The fourth-order valence-corrected chi connectivity index (χ4v) is 1.11. The fourth-order valence-electron chi connectivity index (χ4n) is 0.666. The molecule has 0 amide bonds. The van der Waals surface area contributed by atoms with Crippen LogP contribution >= 0.6 is 0 Å². The van der Waals surface area contributed by atoms with Gasteiger partial charge < -0.3 is 10.2 Å². The van der Waals surface area contributed by atoms with E-state index < -0.39 is 16.5 Å². The highest BCUT2D eigenvalue weighted by atomic mass is 32.2. The SMILES string of the molecule is O=[SH](=O)c1ccc(O)cc1O. The molecule has 0 atom stereocenters. The summed E-state index contributed by atoms with van der Waals surface area (Å²) in [5, 5.41) is 17.7. The summed E-state index contributed by atoms with van der Waals surface area (Å²) < 4.78 is 20.7. The predicted molar refractivity (Wildman–Crippen MR) is 38.4 cm³/mol. The van der Waals surface area contributed by atoms with Crippen LogP contribution in [0.5, 0.6) is 11.5 Å². The third-order valence-corrected chi connectivity index (χ3v) is 1.93. The molecular weight excluding hydrogens is 168 g/mol. The Labute approximate surface area is 64.7 Å². The average molecular weight is 174 g/mol. The standard InChI is InChI=1S/C6H6O4S/c7-4-1-2-6(11(9)10)5(8)3-4/h1-3,7-8,11H. The predicted octanol–water partition coefficient (Wildman–Crippen LogP) is 0.0681. The first-order chi connectivity index (χ1) is 5.11. The van der Waals surface area contributed by atoms with Crippen molar-refractivity contribution in [3.63, 3.8) is 0 Å². The minimum atomic E-state index is -2.79. The molecule has 0 radical (unpaired) electrons. The Morgan fingerprint density at radius 2 is 1.82 bits per heavy atom. The summed E-state index contributed by atoms with van der Waals surface area (Å²) in [7, 11) is -2.79. The number of hydrogen-bond acceptors (Lipinski definition) is 4. The molecule has 0 unspecified atom stereocenters. The number of rotatable bonds is 1. The van der Waals surface area contributed by atoms with Crippen LogP contribution in [0.1, 0.15) is 0 Å². The van der Waals surface area contributed by atoms with Crippen LogP contribution in [0.4, 0.5) is 0 Å². The van der Waals surface area contributed by atoms with Gasteiger partial charge in [0, 0.05) is 6.07 Å². The zero-order valence-electron chi connectivity index (χ0n) is 5.39. The summed E-state index contributed by atoms with van der Waals surface area (Å²) in [6.07, 6.45) is 0. The number of benzene rings is 1. The Hall–Kier alpha value is -1.23. The third-order valence-electron chi connectivity index (χ3n) is 1.16. The summed E-state index contributed by atoms with van der Waals surface area (Å²) in [5.74, 6) is -0.593. The smallest absolute Gasteiger partial charge is 0.171 e. The van der Waals surface area contributed by atoms with Gasteiger partial charge in [0.25, 0.3) is 0 Å². The van der Waals surface area contributed by atoms with Crippen LogP contribution < -0.4 is 0 Å². The molecule has 4 nitrogen and oxygen atoms in total. The number of aromatic hydroxyl groups is 2. The molecule has 0 bridgehead atoms. The largest absolute Gasteiger partial charge is 0.508 e. The van der Waals surface area contributed by atoms with Crippen molar-refractivity contribution < 1.29 is 18.6 Å². The highest BCUT2D eigenvalue weighted by Crippen LogP contribution is 2.22. The van der Waals surface area contributed by atoms with E-state index in [4.69, 9.17) is 10.2 Å². The summed E-state index contributed by atoms with van der Waals surface area (Å²) in [6, 6.07) is 3.30. The van der Waals surface area contributed by atoms with E-state index >= 15 is 0 Å². The van der Waals surface area contributed by atoms with Gasteiger partial charge in [0.1, 0.15) is 16.4 Å². The van der Waals surface area contributed by atoms with E-state index in [1.54, 1.807) is 0 Å². The molecule has 1 aromatic rings. The Bertz CT molecular complexity index is 334. The minimum absolute atomic E-state index is 0.164. The molecule has 60 valence electrons. The molecule has 1 aromatic carbocycles. The fraction of sp³-hybridized carbons (Fsp3) is 0. The second-order valence-corrected chi connectivity index (χ2v) is 2.93. The van der Waals surface area contributed by atoms with Crippen molar-refractivity contribution in [3.05, 3.63) is 18.2 Å². The van der Waals surface area contributed by atoms with Crippen molar-refractivity contribution in [1.82, 2.24) is 0 Å². The highest BCUT2D eigenvalue weighted by molar-refractivity contribution is 7.72. The maximum Gasteiger partial charge on any atom is 0.171 e. The molecule has 0 aliphatic rings. The summed E-state index contributed by atoms with van der Waals surface area (Å²) in [5.41, 5.74) is 0. The average Bonchev–Trinajstić information content (AvgIpc) is 1.85. The van der Waals surface area contributed by atoms with Crippen molar-refractivity contribution in [2.45, 2.75) is 4.90 Å². The maximum absolute atomic E-state index is 10.3. The van der Waals surface area contributed by atoms with Gasteiger partial charge in [-0.1, -0.05) is 0 Å². The Balaban J connectivity index is 3.31. The first kappa shape index (κ1) is 7.87. The molecule has 0 aliphatic heterocycles. The van der Waals surface area contributed by atoms with Gasteiger partial charge in [0.15, 0.2) is 10.7 Å². The quantitative estimate of drug-likeness (QED) is 0.526. The molecule has 0 heterocycles. The molecular formula is C6H6O4S. The van der Waals surface area contributed by atoms with Gasteiger partial charge in [-0.15, -0.1) is 0 Å². The Kier molecular flexibility index (Phi) is 2.00. The number of phenols is 2. The minimum Gasteiger partial charge on any atom is -0.508 e. The molecule has 0 aromatic heterocycles. The molecule has 5 heteroatoms. The molecule has 1 rings (SSSR count). The zero-order valence-corrected chi connectivity index (χ0v) is 6.28. The van der Waals surface area contributed by atoms with Crippen molar-refractivity contribution in [2.24, 2.45) is 0 Å². The molecule has 0 saturated carbocycles. The van der Waals surface area contributed by atoms with E-state index in [0.29, 0.717) is 0 Å². The van der Waals surface area contributed by atoms with E-state index in [0.717, 1.165) is 12.1 Å². The second kappa shape index (κ2) is 2.79. The number of phenolic OH excluding ortho intramolecular Hbond substituents is 2. The van der Waals surface area contributed by atoms with Gasteiger partial charge in [-0.2, -0.15) is 0 Å². The van der Waals surface area contributed by atoms with Crippen LogP contribution in [0, 0.1) is 0 Å².